The van der Waals surface area contributed by atoms with Crippen LogP contribution in [0.5, 0.6) is 0 Å². The van der Waals surface area contributed by atoms with Crippen molar-refractivity contribution in [1.29, 1.82) is 0 Å². The van der Waals surface area contributed by atoms with E-state index in [0.29, 0.717) is 0 Å². The van der Waals surface area contributed by atoms with Crippen molar-refractivity contribution in [1.82, 2.24) is 10.2 Å². The van der Waals surface area contributed by atoms with Gasteiger partial charge in [0.05, 0.1) is 0 Å². The zero-order chi connectivity index (χ0) is 18.8. The number of hydrogen-bond donors (Lipinski definition) is 1. The average Bonchev–Trinajstić information content (AvgIpc) is 3.46. The van der Waals surface area contributed by atoms with Crippen LogP contribution >= 0.6 is 23.2 Å². The highest BCUT2D eigenvalue weighted by Crippen LogP contribution is 2.49. The summed E-state index contributed by atoms with van der Waals surface area (Å²) in [6, 6.07) is 16.2. The van der Waals surface area contributed by atoms with Crippen LogP contribution in [-0.4, -0.2) is 29.9 Å². The van der Waals surface area contributed by atoms with Crippen LogP contribution in [0.15, 0.2) is 48.5 Å². The van der Waals surface area contributed by atoms with Gasteiger partial charge >= 0.3 is 0 Å². The monoisotopic (exact) mass is 402 g/mol. The first-order valence-electron chi connectivity index (χ1n) is 9.62. The molecule has 2 atom stereocenters. The highest BCUT2D eigenvalue weighted by molar-refractivity contribution is 6.31. The Morgan fingerprint density at radius 2 is 1.74 bits per heavy atom. The maximum absolute atomic E-state index is 12.6. The lowest BCUT2D eigenvalue weighted by Crippen LogP contribution is -2.44. The molecule has 1 N–H and O–H groups in total. The van der Waals surface area contributed by atoms with Crippen molar-refractivity contribution < 1.29 is 4.79 Å². The maximum atomic E-state index is 12.6. The molecule has 1 heterocycles. The van der Waals surface area contributed by atoms with Crippen molar-refractivity contribution in [2.45, 2.75) is 37.8 Å². The first-order valence-corrected chi connectivity index (χ1v) is 10.4. The molecule has 142 valence electrons. The van der Waals surface area contributed by atoms with Crippen molar-refractivity contribution in [2.24, 2.45) is 5.92 Å². The van der Waals surface area contributed by atoms with Gasteiger partial charge in [-0.3, -0.25) is 9.69 Å². The Kier molecular flexibility index (Phi) is 5.72. The standard InChI is InChI=1S/C22H24Cl2N2O/c23-16-7-5-15(6-8-16)14-26-11-9-17(10-12-26)25-22(27)20-13-19(20)18-3-1-2-4-21(18)24/h1-8,17,19-20H,9-14H2,(H,25,27). The first-order chi connectivity index (χ1) is 13.1. The van der Waals surface area contributed by atoms with E-state index in [1.54, 1.807) is 0 Å². The third-order valence-corrected chi connectivity index (χ3v) is 6.28. The second-order valence-electron chi connectivity index (χ2n) is 7.66. The molecule has 1 saturated carbocycles. The second-order valence-corrected chi connectivity index (χ2v) is 8.50. The Balaban J connectivity index is 1.23. The Bertz CT molecular complexity index is 800. The zero-order valence-electron chi connectivity index (χ0n) is 15.2. The minimum absolute atomic E-state index is 0.0806. The Labute approximate surface area is 170 Å². The van der Waals surface area contributed by atoms with Crippen LogP contribution < -0.4 is 5.32 Å². The van der Waals surface area contributed by atoms with E-state index < -0.39 is 0 Å². The number of carbonyl (C=O) groups is 1. The van der Waals surface area contributed by atoms with Gasteiger partial charge < -0.3 is 5.32 Å². The van der Waals surface area contributed by atoms with Crippen LogP contribution in [-0.2, 0) is 11.3 Å². The van der Waals surface area contributed by atoms with Crippen LogP contribution in [0, 0.1) is 5.92 Å². The van der Waals surface area contributed by atoms with E-state index in [1.807, 2.05) is 36.4 Å². The van der Waals surface area contributed by atoms with Gasteiger partial charge in [0.2, 0.25) is 5.91 Å². The fourth-order valence-electron chi connectivity index (χ4n) is 4.00. The number of likely N-dealkylation sites (tertiary alicyclic amines) is 1. The fraction of sp³-hybridized carbons (Fsp3) is 0.409. The van der Waals surface area contributed by atoms with Gasteiger partial charge in [0.15, 0.2) is 0 Å². The molecule has 1 amide bonds. The molecule has 0 bridgehead atoms. The largest absolute Gasteiger partial charge is 0.353 e. The lowest BCUT2D eigenvalue weighted by Gasteiger charge is -2.32. The van der Waals surface area contributed by atoms with Crippen LogP contribution in [0.4, 0.5) is 0 Å². The molecule has 5 heteroatoms. The van der Waals surface area contributed by atoms with E-state index in [2.05, 4.69) is 22.3 Å². The van der Waals surface area contributed by atoms with Crippen molar-refractivity contribution in [3.63, 3.8) is 0 Å². The molecule has 0 aromatic heterocycles. The van der Waals surface area contributed by atoms with Gasteiger partial charge in [-0.15, -0.1) is 0 Å². The van der Waals surface area contributed by atoms with Gasteiger partial charge in [0.1, 0.15) is 0 Å². The van der Waals surface area contributed by atoms with Gasteiger partial charge in [-0.05, 0) is 54.5 Å². The van der Waals surface area contributed by atoms with Crippen LogP contribution in [0.3, 0.4) is 0 Å². The summed E-state index contributed by atoms with van der Waals surface area (Å²) in [6.07, 6.45) is 2.91. The molecule has 2 aliphatic rings. The third kappa shape index (κ3) is 4.66. The Morgan fingerprint density at radius 1 is 1.04 bits per heavy atom. The van der Waals surface area contributed by atoms with Gasteiger partial charge in [-0.1, -0.05) is 53.5 Å². The predicted molar refractivity (Wildman–Crippen MR) is 110 cm³/mol. The molecule has 0 spiro atoms. The first kappa shape index (κ1) is 18.8. The van der Waals surface area contributed by atoms with Crippen molar-refractivity contribution >= 4 is 29.1 Å². The maximum Gasteiger partial charge on any atom is 0.223 e. The number of halogens is 2. The average molecular weight is 403 g/mol. The van der Waals surface area contributed by atoms with E-state index in [1.165, 1.54) is 5.56 Å². The summed E-state index contributed by atoms with van der Waals surface area (Å²) in [6.45, 7) is 2.95. The summed E-state index contributed by atoms with van der Waals surface area (Å²) in [5, 5.41) is 4.81. The highest BCUT2D eigenvalue weighted by atomic mass is 35.5. The quantitative estimate of drug-likeness (QED) is 0.772. The topological polar surface area (TPSA) is 32.3 Å². The van der Waals surface area contributed by atoms with Gasteiger partial charge in [-0.2, -0.15) is 0 Å². The number of piperidine rings is 1. The summed E-state index contributed by atoms with van der Waals surface area (Å²) >= 11 is 12.2. The molecule has 1 aliphatic carbocycles. The van der Waals surface area contributed by atoms with E-state index in [-0.39, 0.29) is 23.8 Å². The van der Waals surface area contributed by atoms with Crippen molar-refractivity contribution in [3.05, 3.63) is 69.7 Å². The van der Waals surface area contributed by atoms with Gasteiger partial charge in [-0.25, -0.2) is 0 Å². The predicted octanol–water partition coefficient (Wildman–Crippen LogP) is 4.88. The number of amides is 1. The van der Waals surface area contributed by atoms with Crippen LogP contribution in [0.1, 0.15) is 36.3 Å². The molecule has 4 rings (SSSR count). The molecule has 27 heavy (non-hydrogen) atoms. The SMILES string of the molecule is O=C(NC1CCN(Cc2ccc(Cl)cc2)CC1)C1CC1c1ccccc1Cl. The lowest BCUT2D eigenvalue weighted by atomic mass is 10.0. The molecule has 0 radical (unpaired) electrons. The van der Waals surface area contributed by atoms with Crippen LogP contribution in [0.25, 0.3) is 0 Å². The summed E-state index contributed by atoms with van der Waals surface area (Å²) in [5.74, 6) is 0.553. The van der Waals surface area contributed by atoms with Crippen LogP contribution in [0.2, 0.25) is 10.0 Å². The second kappa shape index (κ2) is 8.22. The summed E-state index contributed by atoms with van der Waals surface area (Å²) < 4.78 is 0. The highest BCUT2D eigenvalue weighted by Gasteiger charge is 2.45. The summed E-state index contributed by atoms with van der Waals surface area (Å²) in [7, 11) is 0. The number of rotatable bonds is 5. The Hall–Kier alpha value is -1.55. The van der Waals surface area contributed by atoms with Crippen molar-refractivity contribution in [3.8, 4) is 0 Å². The smallest absolute Gasteiger partial charge is 0.223 e. The molecule has 2 aromatic rings. The molecule has 2 aromatic carbocycles. The minimum atomic E-state index is 0.0806. The van der Waals surface area contributed by atoms with E-state index in [0.717, 1.165) is 54.5 Å². The summed E-state index contributed by atoms with van der Waals surface area (Å²) in [4.78, 5) is 15.0. The van der Waals surface area contributed by atoms with E-state index in [9.17, 15) is 4.79 Å². The molecule has 1 aliphatic heterocycles. The van der Waals surface area contributed by atoms with Gasteiger partial charge in [0, 0.05) is 41.6 Å². The number of nitrogens with zero attached hydrogens (tertiary/aromatic N) is 1. The number of carbonyl (C=O) groups excluding carboxylic acids is 1. The van der Waals surface area contributed by atoms with Gasteiger partial charge in [0.25, 0.3) is 0 Å². The number of nitrogens with one attached hydrogen (secondary N) is 1. The molecule has 3 nitrogen and oxygen atoms in total. The molecule has 2 fully saturated rings. The fourth-order valence-corrected chi connectivity index (χ4v) is 4.40. The lowest BCUT2D eigenvalue weighted by molar-refractivity contribution is -0.123. The Morgan fingerprint density at radius 3 is 2.44 bits per heavy atom. The third-order valence-electron chi connectivity index (χ3n) is 5.69. The number of hydrogen-bond acceptors (Lipinski definition) is 2. The zero-order valence-corrected chi connectivity index (χ0v) is 16.7. The minimum Gasteiger partial charge on any atom is -0.353 e. The molecular weight excluding hydrogens is 379 g/mol. The molecule has 2 unspecified atom stereocenters. The summed E-state index contributed by atoms with van der Waals surface area (Å²) in [5.41, 5.74) is 2.39. The van der Waals surface area contributed by atoms with Crippen molar-refractivity contribution in [2.75, 3.05) is 13.1 Å². The molecular formula is C22H24Cl2N2O. The number of benzene rings is 2. The normalized spacial score (nSPS) is 23.2. The van der Waals surface area contributed by atoms with E-state index >= 15 is 0 Å². The van der Waals surface area contributed by atoms with E-state index in [4.69, 9.17) is 23.2 Å². The molecule has 1 saturated heterocycles.